The molecule has 0 aliphatic rings. The van der Waals surface area contributed by atoms with Crippen LogP contribution in [-0.4, -0.2) is 4.57 Å². The Morgan fingerprint density at radius 1 is 1.12 bits per heavy atom. The molecule has 0 saturated carbocycles. The first-order valence-electron chi connectivity index (χ1n) is 5.58. The predicted octanol–water partition coefficient (Wildman–Crippen LogP) is 1.74. The van der Waals surface area contributed by atoms with E-state index in [1.54, 1.807) is 11.6 Å². The van der Waals surface area contributed by atoms with Gasteiger partial charge in [-0.1, -0.05) is 30.3 Å². The number of nitrogens with two attached hydrogens (primary N) is 1. The van der Waals surface area contributed by atoms with Crippen molar-refractivity contribution >= 4 is 0 Å². The SMILES string of the molecule is Cc1ccc(C(N)c2ccccc2)c(=O)n1C. The molecule has 3 heteroatoms. The standard InChI is InChI=1S/C14H16N2O/c1-10-8-9-12(14(17)16(10)2)13(15)11-6-4-3-5-7-11/h3-9,13H,15H2,1-2H3. The second kappa shape index (κ2) is 4.55. The Labute approximate surface area is 101 Å². The zero-order chi connectivity index (χ0) is 12.4. The van der Waals surface area contributed by atoms with Gasteiger partial charge in [-0.05, 0) is 24.6 Å². The monoisotopic (exact) mass is 228 g/mol. The number of rotatable bonds is 2. The zero-order valence-electron chi connectivity index (χ0n) is 10.1. The fourth-order valence-corrected chi connectivity index (χ4v) is 1.82. The topological polar surface area (TPSA) is 48.0 Å². The van der Waals surface area contributed by atoms with E-state index in [0.717, 1.165) is 11.3 Å². The molecule has 0 bridgehead atoms. The van der Waals surface area contributed by atoms with E-state index in [0.29, 0.717) is 5.56 Å². The summed E-state index contributed by atoms with van der Waals surface area (Å²) in [6.45, 7) is 1.90. The lowest BCUT2D eigenvalue weighted by molar-refractivity contribution is 0.762. The van der Waals surface area contributed by atoms with Crippen molar-refractivity contribution in [1.82, 2.24) is 4.57 Å². The molecule has 0 radical (unpaired) electrons. The molecule has 1 aromatic carbocycles. The van der Waals surface area contributed by atoms with Crippen LogP contribution in [0.5, 0.6) is 0 Å². The average molecular weight is 228 g/mol. The van der Waals surface area contributed by atoms with E-state index in [-0.39, 0.29) is 11.6 Å². The maximum Gasteiger partial charge on any atom is 0.255 e. The summed E-state index contributed by atoms with van der Waals surface area (Å²) in [6.07, 6.45) is 0. The molecule has 3 nitrogen and oxygen atoms in total. The van der Waals surface area contributed by atoms with Crippen LogP contribution in [0.2, 0.25) is 0 Å². The highest BCUT2D eigenvalue weighted by Gasteiger charge is 2.13. The van der Waals surface area contributed by atoms with Gasteiger partial charge in [0, 0.05) is 18.3 Å². The fourth-order valence-electron chi connectivity index (χ4n) is 1.82. The highest BCUT2D eigenvalue weighted by atomic mass is 16.1. The van der Waals surface area contributed by atoms with Crippen molar-refractivity contribution in [3.63, 3.8) is 0 Å². The molecular weight excluding hydrogens is 212 g/mol. The van der Waals surface area contributed by atoms with Crippen LogP contribution in [-0.2, 0) is 7.05 Å². The molecule has 0 aliphatic heterocycles. The minimum Gasteiger partial charge on any atom is -0.320 e. The van der Waals surface area contributed by atoms with Crippen LogP contribution in [0, 0.1) is 6.92 Å². The lowest BCUT2D eigenvalue weighted by Crippen LogP contribution is -2.28. The zero-order valence-corrected chi connectivity index (χ0v) is 10.1. The maximum atomic E-state index is 12.1. The lowest BCUT2D eigenvalue weighted by Gasteiger charge is -2.13. The van der Waals surface area contributed by atoms with Gasteiger partial charge in [-0.15, -0.1) is 0 Å². The van der Waals surface area contributed by atoms with Crippen molar-refractivity contribution in [2.75, 3.05) is 0 Å². The summed E-state index contributed by atoms with van der Waals surface area (Å²) < 4.78 is 1.62. The highest BCUT2D eigenvalue weighted by Crippen LogP contribution is 2.16. The summed E-state index contributed by atoms with van der Waals surface area (Å²) in [6, 6.07) is 13.0. The quantitative estimate of drug-likeness (QED) is 0.851. The van der Waals surface area contributed by atoms with E-state index in [4.69, 9.17) is 5.73 Å². The molecule has 0 amide bonds. The second-order valence-corrected chi connectivity index (χ2v) is 4.18. The van der Waals surface area contributed by atoms with Crippen LogP contribution >= 0.6 is 0 Å². The minimum atomic E-state index is -0.365. The van der Waals surface area contributed by atoms with E-state index in [1.165, 1.54) is 0 Å². The summed E-state index contributed by atoms with van der Waals surface area (Å²) >= 11 is 0. The van der Waals surface area contributed by atoms with Crippen LogP contribution in [0.15, 0.2) is 47.3 Å². The molecule has 0 fully saturated rings. The van der Waals surface area contributed by atoms with Gasteiger partial charge in [-0.25, -0.2) is 0 Å². The van der Waals surface area contributed by atoms with Gasteiger partial charge in [0.1, 0.15) is 0 Å². The smallest absolute Gasteiger partial charge is 0.255 e. The van der Waals surface area contributed by atoms with Gasteiger partial charge in [-0.2, -0.15) is 0 Å². The van der Waals surface area contributed by atoms with Gasteiger partial charge in [0.25, 0.3) is 5.56 Å². The first-order chi connectivity index (χ1) is 8.11. The minimum absolute atomic E-state index is 0.0265. The fraction of sp³-hybridized carbons (Fsp3) is 0.214. The Kier molecular flexibility index (Phi) is 3.11. The van der Waals surface area contributed by atoms with Crippen LogP contribution in [0.1, 0.15) is 22.9 Å². The van der Waals surface area contributed by atoms with Crippen molar-refractivity contribution in [1.29, 1.82) is 0 Å². The van der Waals surface area contributed by atoms with Crippen LogP contribution in [0.3, 0.4) is 0 Å². The van der Waals surface area contributed by atoms with Gasteiger partial charge in [-0.3, -0.25) is 4.79 Å². The summed E-state index contributed by atoms with van der Waals surface area (Å²) in [7, 11) is 1.76. The number of benzene rings is 1. The molecule has 2 rings (SSSR count). The summed E-state index contributed by atoms with van der Waals surface area (Å²) in [4.78, 5) is 12.1. The van der Waals surface area contributed by atoms with E-state index in [2.05, 4.69) is 0 Å². The van der Waals surface area contributed by atoms with E-state index < -0.39 is 0 Å². The Bertz CT molecular complexity index is 573. The van der Waals surface area contributed by atoms with Crippen LogP contribution in [0.25, 0.3) is 0 Å². The predicted molar refractivity (Wildman–Crippen MR) is 68.9 cm³/mol. The summed E-state index contributed by atoms with van der Waals surface area (Å²) in [5, 5.41) is 0. The van der Waals surface area contributed by atoms with Gasteiger partial charge in [0.2, 0.25) is 0 Å². The molecule has 1 heterocycles. The first kappa shape index (κ1) is 11.6. The number of aryl methyl sites for hydroxylation is 1. The van der Waals surface area contributed by atoms with Gasteiger partial charge in [0.15, 0.2) is 0 Å². The summed E-state index contributed by atoms with van der Waals surface area (Å²) in [5.74, 6) is 0. The third-order valence-corrected chi connectivity index (χ3v) is 3.08. The van der Waals surface area contributed by atoms with E-state index in [9.17, 15) is 4.79 Å². The van der Waals surface area contributed by atoms with Gasteiger partial charge >= 0.3 is 0 Å². The molecule has 1 atom stereocenters. The first-order valence-corrected chi connectivity index (χ1v) is 5.58. The second-order valence-electron chi connectivity index (χ2n) is 4.18. The van der Waals surface area contributed by atoms with Crippen molar-refractivity contribution in [3.8, 4) is 0 Å². The molecule has 2 aromatic rings. The van der Waals surface area contributed by atoms with Crippen LogP contribution < -0.4 is 11.3 Å². The Hall–Kier alpha value is -1.87. The molecule has 88 valence electrons. The van der Waals surface area contributed by atoms with Crippen molar-refractivity contribution in [2.45, 2.75) is 13.0 Å². The Morgan fingerprint density at radius 3 is 2.41 bits per heavy atom. The van der Waals surface area contributed by atoms with Crippen molar-refractivity contribution in [2.24, 2.45) is 12.8 Å². The number of hydrogen-bond acceptors (Lipinski definition) is 2. The Balaban J connectivity index is 2.49. The normalized spacial score (nSPS) is 12.4. The molecule has 0 aliphatic carbocycles. The number of pyridine rings is 1. The summed E-state index contributed by atoms with van der Waals surface area (Å²) in [5.41, 5.74) is 8.61. The third kappa shape index (κ3) is 2.15. The number of hydrogen-bond donors (Lipinski definition) is 1. The molecule has 0 saturated heterocycles. The lowest BCUT2D eigenvalue weighted by atomic mass is 10.0. The number of aromatic nitrogens is 1. The molecule has 2 N–H and O–H groups in total. The molecular formula is C14H16N2O. The molecule has 1 aromatic heterocycles. The van der Waals surface area contributed by atoms with E-state index >= 15 is 0 Å². The van der Waals surface area contributed by atoms with Gasteiger partial charge in [0.05, 0.1) is 6.04 Å². The maximum absolute atomic E-state index is 12.1. The highest BCUT2D eigenvalue weighted by molar-refractivity contribution is 5.30. The van der Waals surface area contributed by atoms with E-state index in [1.807, 2.05) is 49.4 Å². The van der Waals surface area contributed by atoms with Crippen molar-refractivity contribution < 1.29 is 0 Å². The average Bonchev–Trinajstić information content (AvgIpc) is 2.36. The van der Waals surface area contributed by atoms with Crippen molar-refractivity contribution in [3.05, 3.63) is 69.6 Å². The van der Waals surface area contributed by atoms with Gasteiger partial charge < -0.3 is 10.3 Å². The Morgan fingerprint density at radius 2 is 1.76 bits per heavy atom. The van der Waals surface area contributed by atoms with Crippen LogP contribution in [0.4, 0.5) is 0 Å². The number of nitrogens with zero attached hydrogens (tertiary/aromatic N) is 1. The third-order valence-electron chi connectivity index (χ3n) is 3.08. The largest absolute Gasteiger partial charge is 0.320 e. The molecule has 17 heavy (non-hydrogen) atoms. The molecule has 1 unspecified atom stereocenters. The molecule has 0 spiro atoms.